The van der Waals surface area contributed by atoms with Gasteiger partial charge in [0.05, 0.1) is 22.3 Å². The van der Waals surface area contributed by atoms with Crippen LogP contribution in [0.4, 0.5) is 5.69 Å². The van der Waals surface area contributed by atoms with Crippen LogP contribution in [0.1, 0.15) is 52.6 Å². The molecule has 0 heterocycles. The SMILES string of the molecule is CNC(=O)c1cc(C(=O)Nc2ccc(-c3cc(-c4ccc(C)cc4)cc(-c4ccc(C)cc4)c3)cc2)c(C(=O)O)cc1C(=O)O. The van der Waals surface area contributed by atoms with Crippen molar-refractivity contribution in [1.29, 1.82) is 0 Å². The van der Waals surface area contributed by atoms with E-state index < -0.39 is 34.9 Å². The van der Waals surface area contributed by atoms with Gasteiger partial charge in [0.15, 0.2) is 0 Å². The second-order valence-corrected chi connectivity index (χ2v) is 10.7. The van der Waals surface area contributed by atoms with Gasteiger partial charge in [0, 0.05) is 12.7 Å². The van der Waals surface area contributed by atoms with Gasteiger partial charge in [-0.3, -0.25) is 9.59 Å². The molecular weight excluding hydrogens is 568 g/mol. The number of hydrogen-bond donors (Lipinski definition) is 4. The van der Waals surface area contributed by atoms with Gasteiger partial charge in [-0.25, -0.2) is 9.59 Å². The Morgan fingerprint density at radius 2 is 0.822 bits per heavy atom. The van der Waals surface area contributed by atoms with Crippen LogP contribution in [-0.4, -0.2) is 41.0 Å². The number of amides is 2. The number of aryl methyl sites for hydroxylation is 2. The summed E-state index contributed by atoms with van der Waals surface area (Å²) in [7, 11) is 1.31. The number of nitrogens with one attached hydrogen (secondary N) is 2. The molecule has 0 aliphatic rings. The predicted molar refractivity (Wildman–Crippen MR) is 174 cm³/mol. The van der Waals surface area contributed by atoms with Crippen LogP contribution in [0.25, 0.3) is 33.4 Å². The van der Waals surface area contributed by atoms with Gasteiger partial charge in [-0.05, 0) is 89.7 Å². The molecule has 0 atom stereocenters. The third-order valence-electron chi connectivity index (χ3n) is 7.51. The monoisotopic (exact) mass is 598 g/mol. The van der Waals surface area contributed by atoms with E-state index >= 15 is 0 Å². The lowest BCUT2D eigenvalue weighted by molar-refractivity contribution is 0.0689. The predicted octanol–water partition coefficient (Wildman–Crippen LogP) is 7.31. The summed E-state index contributed by atoms with van der Waals surface area (Å²) in [6, 6.07) is 32.0. The number of anilines is 1. The smallest absolute Gasteiger partial charge is 0.336 e. The van der Waals surface area contributed by atoms with Crippen molar-refractivity contribution >= 4 is 29.4 Å². The van der Waals surface area contributed by atoms with Crippen molar-refractivity contribution in [2.45, 2.75) is 13.8 Å². The van der Waals surface area contributed by atoms with Crippen LogP contribution in [0.2, 0.25) is 0 Å². The number of aromatic carboxylic acids is 2. The van der Waals surface area contributed by atoms with Gasteiger partial charge < -0.3 is 20.8 Å². The molecule has 5 aromatic carbocycles. The number of carbonyl (C=O) groups excluding carboxylic acids is 2. The van der Waals surface area contributed by atoms with Crippen LogP contribution >= 0.6 is 0 Å². The molecule has 0 aromatic heterocycles. The van der Waals surface area contributed by atoms with E-state index in [0.717, 1.165) is 45.5 Å². The summed E-state index contributed by atoms with van der Waals surface area (Å²) in [6.45, 7) is 4.10. The Morgan fingerprint density at radius 1 is 0.467 bits per heavy atom. The maximum atomic E-state index is 13.2. The molecule has 0 fully saturated rings. The number of carboxylic acid groups (broad SMARTS) is 2. The van der Waals surface area contributed by atoms with E-state index in [1.54, 1.807) is 12.1 Å². The number of carbonyl (C=O) groups is 4. The van der Waals surface area contributed by atoms with E-state index in [0.29, 0.717) is 5.69 Å². The lowest BCUT2D eigenvalue weighted by atomic mass is 9.93. The summed E-state index contributed by atoms with van der Waals surface area (Å²) < 4.78 is 0. The van der Waals surface area contributed by atoms with Crippen LogP contribution < -0.4 is 10.6 Å². The average Bonchev–Trinajstić information content (AvgIpc) is 3.04. The Bertz CT molecular complexity index is 1880. The standard InChI is InChI=1S/C37H30N2O6/c1-21-4-8-23(9-5-21)26-16-27(24-10-6-22(2)7-11-24)18-28(17-26)25-12-14-29(15-13-25)39-35(41)31-19-30(34(40)38-3)32(36(42)43)20-33(31)37(44)45/h4-20H,1-3H3,(H,38,40)(H,39,41)(H,42,43)(H,44,45). The van der Waals surface area contributed by atoms with Gasteiger partial charge >= 0.3 is 11.9 Å². The summed E-state index contributed by atoms with van der Waals surface area (Å²) in [4.78, 5) is 49.2. The summed E-state index contributed by atoms with van der Waals surface area (Å²) in [6.07, 6.45) is 0. The first-order valence-corrected chi connectivity index (χ1v) is 14.1. The molecule has 8 nitrogen and oxygen atoms in total. The lowest BCUT2D eigenvalue weighted by Crippen LogP contribution is -2.24. The molecule has 5 aromatic rings. The normalized spacial score (nSPS) is 10.6. The number of carboxylic acids is 2. The molecule has 0 aliphatic carbocycles. The highest BCUT2D eigenvalue weighted by Crippen LogP contribution is 2.34. The zero-order chi connectivity index (χ0) is 32.2. The van der Waals surface area contributed by atoms with E-state index in [1.807, 2.05) is 26.0 Å². The maximum absolute atomic E-state index is 13.2. The zero-order valence-electron chi connectivity index (χ0n) is 24.8. The van der Waals surface area contributed by atoms with Crippen molar-refractivity contribution in [3.63, 3.8) is 0 Å². The zero-order valence-corrected chi connectivity index (χ0v) is 24.8. The Balaban J connectivity index is 1.49. The third-order valence-corrected chi connectivity index (χ3v) is 7.51. The quantitative estimate of drug-likeness (QED) is 0.148. The Kier molecular flexibility index (Phi) is 8.58. The molecule has 4 N–H and O–H groups in total. The Labute approximate surface area is 260 Å². The molecule has 0 saturated carbocycles. The van der Waals surface area contributed by atoms with Crippen LogP contribution in [-0.2, 0) is 0 Å². The van der Waals surface area contributed by atoms with Crippen LogP contribution in [0.3, 0.4) is 0 Å². The van der Waals surface area contributed by atoms with Gasteiger partial charge in [0.1, 0.15) is 0 Å². The van der Waals surface area contributed by atoms with E-state index in [9.17, 15) is 29.4 Å². The molecule has 0 radical (unpaired) electrons. The first kappa shape index (κ1) is 30.4. The Hall–Kier alpha value is -6.02. The molecular formula is C37H30N2O6. The van der Waals surface area contributed by atoms with Gasteiger partial charge in [-0.2, -0.15) is 0 Å². The maximum Gasteiger partial charge on any atom is 0.336 e. The fourth-order valence-electron chi connectivity index (χ4n) is 5.03. The Morgan fingerprint density at radius 3 is 1.20 bits per heavy atom. The highest BCUT2D eigenvalue weighted by molar-refractivity contribution is 6.14. The van der Waals surface area contributed by atoms with E-state index in [1.165, 1.54) is 18.2 Å². The van der Waals surface area contributed by atoms with Crippen molar-refractivity contribution in [2.75, 3.05) is 12.4 Å². The molecule has 5 rings (SSSR count). The van der Waals surface area contributed by atoms with Crippen molar-refractivity contribution < 1.29 is 29.4 Å². The second kappa shape index (κ2) is 12.7. The molecule has 2 amide bonds. The molecule has 8 heteroatoms. The first-order chi connectivity index (χ1) is 21.5. The van der Waals surface area contributed by atoms with Crippen molar-refractivity contribution in [3.8, 4) is 33.4 Å². The van der Waals surface area contributed by atoms with E-state index in [-0.39, 0.29) is 11.1 Å². The van der Waals surface area contributed by atoms with Gasteiger partial charge in [-0.1, -0.05) is 71.8 Å². The summed E-state index contributed by atoms with van der Waals surface area (Å²) >= 11 is 0. The highest BCUT2D eigenvalue weighted by atomic mass is 16.4. The summed E-state index contributed by atoms with van der Waals surface area (Å²) in [5.41, 5.74) is 7.14. The summed E-state index contributed by atoms with van der Waals surface area (Å²) in [5.74, 6) is -4.55. The minimum Gasteiger partial charge on any atom is -0.478 e. The highest BCUT2D eigenvalue weighted by Gasteiger charge is 2.25. The number of benzene rings is 5. The molecule has 45 heavy (non-hydrogen) atoms. The minimum absolute atomic E-state index is 0.326. The fourth-order valence-corrected chi connectivity index (χ4v) is 5.03. The van der Waals surface area contributed by atoms with E-state index in [2.05, 4.69) is 77.4 Å². The topological polar surface area (TPSA) is 133 Å². The van der Waals surface area contributed by atoms with Gasteiger partial charge in [0.2, 0.25) is 0 Å². The molecule has 0 unspecified atom stereocenters. The van der Waals surface area contributed by atoms with Crippen molar-refractivity contribution in [3.05, 3.63) is 137 Å². The second-order valence-electron chi connectivity index (χ2n) is 10.7. The lowest BCUT2D eigenvalue weighted by Gasteiger charge is -2.14. The molecule has 224 valence electrons. The van der Waals surface area contributed by atoms with Gasteiger partial charge in [0.25, 0.3) is 11.8 Å². The largest absolute Gasteiger partial charge is 0.478 e. The third kappa shape index (κ3) is 6.65. The average molecular weight is 599 g/mol. The van der Waals surface area contributed by atoms with Crippen molar-refractivity contribution in [2.24, 2.45) is 0 Å². The fraction of sp³-hybridized carbons (Fsp3) is 0.0811. The van der Waals surface area contributed by atoms with Crippen LogP contribution in [0.5, 0.6) is 0 Å². The first-order valence-electron chi connectivity index (χ1n) is 14.1. The molecule has 0 bridgehead atoms. The van der Waals surface area contributed by atoms with Crippen molar-refractivity contribution in [1.82, 2.24) is 5.32 Å². The molecule has 0 spiro atoms. The number of hydrogen-bond acceptors (Lipinski definition) is 4. The van der Waals surface area contributed by atoms with Crippen LogP contribution in [0, 0.1) is 13.8 Å². The summed E-state index contributed by atoms with van der Waals surface area (Å²) in [5, 5.41) is 24.2. The van der Waals surface area contributed by atoms with E-state index in [4.69, 9.17) is 0 Å². The van der Waals surface area contributed by atoms with Gasteiger partial charge in [-0.15, -0.1) is 0 Å². The molecule has 0 saturated heterocycles. The number of rotatable bonds is 8. The molecule has 0 aliphatic heterocycles. The minimum atomic E-state index is -1.50. The van der Waals surface area contributed by atoms with Crippen LogP contribution in [0.15, 0.2) is 103 Å².